The first kappa shape index (κ1) is 12.3. The third-order valence-corrected chi connectivity index (χ3v) is 3.80. The van der Waals surface area contributed by atoms with Gasteiger partial charge in [0.2, 0.25) is 0 Å². The van der Waals surface area contributed by atoms with Crippen LogP contribution in [0.3, 0.4) is 0 Å². The molecule has 1 saturated carbocycles. The molecular formula is C15H10ClN5. The Morgan fingerprint density at radius 3 is 2.86 bits per heavy atom. The Hall–Kier alpha value is -2.45. The van der Waals surface area contributed by atoms with Gasteiger partial charge >= 0.3 is 0 Å². The highest BCUT2D eigenvalue weighted by Crippen LogP contribution is 2.41. The minimum Gasteiger partial charge on any atom is -0.321 e. The quantitative estimate of drug-likeness (QED) is 0.727. The number of benzene rings is 1. The van der Waals surface area contributed by atoms with Crippen molar-refractivity contribution in [1.29, 1.82) is 5.26 Å². The second kappa shape index (κ2) is 4.54. The fourth-order valence-corrected chi connectivity index (χ4v) is 2.69. The van der Waals surface area contributed by atoms with Crippen molar-refractivity contribution in [1.82, 2.24) is 19.7 Å². The normalized spacial score (nSPS) is 14.3. The monoisotopic (exact) mass is 295 g/mol. The van der Waals surface area contributed by atoms with Crippen LogP contribution < -0.4 is 0 Å². The van der Waals surface area contributed by atoms with E-state index in [-0.39, 0.29) is 0 Å². The van der Waals surface area contributed by atoms with E-state index in [2.05, 4.69) is 25.8 Å². The summed E-state index contributed by atoms with van der Waals surface area (Å²) in [4.78, 5) is 4.69. The van der Waals surface area contributed by atoms with Crippen LogP contribution in [0.25, 0.3) is 22.4 Å². The molecule has 21 heavy (non-hydrogen) atoms. The molecule has 1 aromatic carbocycles. The maximum absolute atomic E-state index is 9.09. The van der Waals surface area contributed by atoms with E-state index in [1.165, 1.54) is 0 Å². The van der Waals surface area contributed by atoms with Crippen molar-refractivity contribution in [3.05, 3.63) is 41.2 Å². The van der Waals surface area contributed by atoms with Gasteiger partial charge in [0.1, 0.15) is 5.82 Å². The minimum absolute atomic E-state index is 0.347. The number of aromatic nitrogens is 4. The van der Waals surface area contributed by atoms with Crippen LogP contribution in [0.2, 0.25) is 5.15 Å². The molecule has 1 aliphatic rings. The number of halogens is 1. The van der Waals surface area contributed by atoms with Crippen molar-refractivity contribution in [2.75, 3.05) is 0 Å². The van der Waals surface area contributed by atoms with Crippen molar-refractivity contribution in [2.45, 2.75) is 18.9 Å². The van der Waals surface area contributed by atoms with Crippen LogP contribution in [0, 0.1) is 11.3 Å². The van der Waals surface area contributed by atoms with Crippen LogP contribution in [0.4, 0.5) is 0 Å². The van der Waals surface area contributed by atoms with Crippen molar-refractivity contribution in [3.63, 3.8) is 0 Å². The van der Waals surface area contributed by atoms with E-state index < -0.39 is 0 Å². The predicted molar refractivity (Wildman–Crippen MR) is 78.8 cm³/mol. The maximum atomic E-state index is 9.09. The molecule has 2 heterocycles. The van der Waals surface area contributed by atoms with Gasteiger partial charge in [0.15, 0.2) is 5.15 Å². The number of rotatable bonds is 2. The van der Waals surface area contributed by atoms with Crippen molar-refractivity contribution in [3.8, 4) is 17.5 Å². The lowest BCUT2D eigenvalue weighted by Gasteiger charge is -2.07. The molecule has 0 saturated heterocycles. The van der Waals surface area contributed by atoms with Crippen LogP contribution in [-0.4, -0.2) is 19.7 Å². The summed E-state index contributed by atoms with van der Waals surface area (Å²) < 4.78 is 2.18. The highest BCUT2D eigenvalue weighted by molar-refractivity contribution is 6.29. The Bertz CT molecular complexity index is 889. The standard InChI is InChI=1S/C15H10ClN5/c16-14-6-10(8-18-20-14)15-19-12-4-1-9(7-17)5-13(12)21(15)11-2-3-11/h1,4-6,8,11H,2-3H2. The van der Waals surface area contributed by atoms with Crippen LogP contribution >= 0.6 is 11.6 Å². The van der Waals surface area contributed by atoms with Crippen LogP contribution in [0.5, 0.6) is 0 Å². The Kier molecular flexibility index (Phi) is 2.66. The summed E-state index contributed by atoms with van der Waals surface area (Å²) in [6.45, 7) is 0. The lowest BCUT2D eigenvalue weighted by atomic mass is 10.2. The zero-order chi connectivity index (χ0) is 14.4. The van der Waals surface area contributed by atoms with E-state index in [4.69, 9.17) is 16.9 Å². The lowest BCUT2D eigenvalue weighted by molar-refractivity contribution is 0.774. The molecule has 0 N–H and O–H groups in total. The molecule has 0 spiro atoms. The number of hydrogen-bond acceptors (Lipinski definition) is 4. The fourth-order valence-electron chi connectivity index (χ4n) is 2.53. The number of nitrogens with zero attached hydrogens (tertiary/aromatic N) is 5. The molecule has 6 heteroatoms. The zero-order valence-electron chi connectivity index (χ0n) is 11.0. The largest absolute Gasteiger partial charge is 0.321 e. The summed E-state index contributed by atoms with van der Waals surface area (Å²) in [5.74, 6) is 0.833. The van der Waals surface area contributed by atoms with E-state index in [0.717, 1.165) is 35.3 Å². The Morgan fingerprint density at radius 2 is 2.14 bits per heavy atom. The SMILES string of the molecule is N#Cc1ccc2nc(-c3cnnc(Cl)c3)n(C3CC3)c2c1. The van der Waals surface area contributed by atoms with Crippen LogP contribution in [0.1, 0.15) is 24.4 Å². The van der Waals surface area contributed by atoms with Gasteiger partial charge in [-0.05, 0) is 37.1 Å². The summed E-state index contributed by atoms with van der Waals surface area (Å²) in [7, 11) is 0. The molecule has 1 aliphatic carbocycles. The Labute approximate surface area is 125 Å². The Morgan fingerprint density at radius 1 is 1.29 bits per heavy atom. The molecule has 3 aromatic rings. The van der Waals surface area contributed by atoms with Crippen molar-refractivity contribution < 1.29 is 0 Å². The molecule has 0 bridgehead atoms. The molecule has 0 atom stereocenters. The van der Waals surface area contributed by atoms with Crippen LogP contribution in [-0.2, 0) is 0 Å². The first-order valence-corrected chi connectivity index (χ1v) is 7.05. The highest BCUT2D eigenvalue weighted by Gasteiger charge is 2.29. The number of fused-ring (bicyclic) bond motifs is 1. The minimum atomic E-state index is 0.347. The molecule has 4 rings (SSSR count). The average molecular weight is 296 g/mol. The topological polar surface area (TPSA) is 67.4 Å². The van der Waals surface area contributed by atoms with Gasteiger partial charge in [-0.3, -0.25) is 0 Å². The molecule has 102 valence electrons. The molecule has 0 radical (unpaired) electrons. The molecule has 2 aromatic heterocycles. The van der Waals surface area contributed by atoms with Gasteiger partial charge in [0, 0.05) is 11.6 Å². The summed E-state index contributed by atoms with van der Waals surface area (Å²) in [5.41, 5.74) is 3.35. The number of imidazole rings is 1. The Balaban J connectivity index is 2.00. The summed E-state index contributed by atoms with van der Waals surface area (Å²) >= 11 is 5.93. The van der Waals surface area contributed by atoms with Crippen molar-refractivity contribution in [2.24, 2.45) is 0 Å². The zero-order valence-corrected chi connectivity index (χ0v) is 11.7. The second-order valence-electron chi connectivity index (χ2n) is 5.12. The molecule has 1 fully saturated rings. The maximum Gasteiger partial charge on any atom is 0.152 e. The highest BCUT2D eigenvalue weighted by atomic mass is 35.5. The number of hydrogen-bond donors (Lipinski definition) is 0. The number of nitriles is 1. The first-order valence-electron chi connectivity index (χ1n) is 6.67. The van der Waals surface area contributed by atoms with E-state index in [1.54, 1.807) is 18.3 Å². The van der Waals surface area contributed by atoms with E-state index >= 15 is 0 Å². The molecule has 0 amide bonds. The summed E-state index contributed by atoms with van der Waals surface area (Å²) in [6.07, 6.45) is 3.92. The summed E-state index contributed by atoms with van der Waals surface area (Å²) in [6, 6.07) is 9.94. The van der Waals surface area contributed by atoms with Gasteiger partial charge in [0.25, 0.3) is 0 Å². The van der Waals surface area contributed by atoms with Crippen LogP contribution in [0.15, 0.2) is 30.5 Å². The van der Waals surface area contributed by atoms with Gasteiger partial charge in [-0.2, -0.15) is 10.4 Å². The first-order chi connectivity index (χ1) is 10.3. The predicted octanol–water partition coefficient (Wildman–Crippen LogP) is 3.35. The van der Waals surface area contributed by atoms with E-state index in [1.807, 2.05) is 12.1 Å². The summed E-state index contributed by atoms with van der Waals surface area (Å²) in [5, 5.41) is 17.1. The third kappa shape index (κ3) is 2.05. The third-order valence-electron chi connectivity index (χ3n) is 3.61. The molecule has 5 nitrogen and oxygen atoms in total. The lowest BCUT2D eigenvalue weighted by Crippen LogP contribution is -1.98. The van der Waals surface area contributed by atoms with Gasteiger partial charge < -0.3 is 4.57 Å². The van der Waals surface area contributed by atoms with Gasteiger partial charge in [-0.25, -0.2) is 4.98 Å². The molecule has 0 unspecified atom stereocenters. The van der Waals surface area contributed by atoms with E-state index in [9.17, 15) is 0 Å². The average Bonchev–Trinajstić information content (AvgIpc) is 3.26. The molecule has 0 aliphatic heterocycles. The van der Waals surface area contributed by atoms with Gasteiger partial charge in [-0.15, -0.1) is 5.10 Å². The molecular weight excluding hydrogens is 286 g/mol. The van der Waals surface area contributed by atoms with Gasteiger partial charge in [0.05, 0.1) is 28.9 Å². The fraction of sp³-hybridized carbons (Fsp3) is 0.200. The van der Waals surface area contributed by atoms with Gasteiger partial charge in [-0.1, -0.05) is 11.6 Å². The smallest absolute Gasteiger partial charge is 0.152 e. The van der Waals surface area contributed by atoms with E-state index in [0.29, 0.717) is 16.8 Å². The van der Waals surface area contributed by atoms with Crippen molar-refractivity contribution >= 4 is 22.6 Å². The second-order valence-corrected chi connectivity index (χ2v) is 5.51.